The Morgan fingerprint density at radius 2 is 1.81 bits per heavy atom. The highest BCUT2D eigenvalue weighted by atomic mass is 16.5. The first-order valence-electron chi connectivity index (χ1n) is 10.3. The molecule has 2 aromatic carbocycles. The molecule has 1 aliphatic heterocycles. The zero-order chi connectivity index (χ0) is 21.4. The highest BCUT2D eigenvalue weighted by Crippen LogP contribution is 2.40. The number of hydrogen-bond acceptors (Lipinski definition) is 7. The molecule has 1 amide bonds. The number of para-hydroxylation sites is 1. The summed E-state index contributed by atoms with van der Waals surface area (Å²) in [7, 11) is 3.11. The second-order valence-corrected chi connectivity index (χ2v) is 7.75. The molecular formula is C23H23N3O5. The molecule has 2 heterocycles. The van der Waals surface area contributed by atoms with Crippen molar-refractivity contribution in [3.05, 3.63) is 53.9 Å². The number of carbonyl (C=O) groups is 1. The minimum absolute atomic E-state index is 0.0694. The van der Waals surface area contributed by atoms with Crippen molar-refractivity contribution >= 4 is 5.91 Å². The molecule has 0 atom stereocenters. The normalized spacial score (nSPS) is 16.0. The maximum absolute atomic E-state index is 12.8. The zero-order valence-electron chi connectivity index (χ0n) is 17.4. The summed E-state index contributed by atoms with van der Waals surface area (Å²) in [6, 6.07) is 12.8. The molecule has 2 fully saturated rings. The van der Waals surface area contributed by atoms with E-state index in [0.29, 0.717) is 47.7 Å². The van der Waals surface area contributed by atoms with Crippen molar-refractivity contribution in [2.45, 2.75) is 24.9 Å². The lowest BCUT2D eigenvalue weighted by Crippen LogP contribution is -2.56. The molecule has 8 heteroatoms. The van der Waals surface area contributed by atoms with Gasteiger partial charge >= 0.3 is 0 Å². The first-order valence-corrected chi connectivity index (χ1v) is 10.3. The first-order chi connectivity index (χ1) is 15.2. The quantitative estimate of drug-likeness (QED) is 0.577. The van der Waals surface area contributed by atoms with Crippen LogP contribution in [0.5, 0.6) is 17.2 Å². The fourth-order valence-corrected chi connectivity index (χ4v) is 3.61. The molecule has 1 aliphatic carbocycles. The van der Waals surface area contributed by atoms with Gasteiger partial charge in [0, 0.05) is 11.5 Å². The van der Waals surface area contributed by atoms with Gasteiger partial charge in [0.05, 0.1) is 32.9 Å². The lowest BCUT2D eigenvalue weighted by molar-refractivity contribution is 0.0179. The van der Waals surface area contributed by atoms with Crippen molar-refractivity contribution in [1.82, 2.24) is 15.0 Å². The van der Waals surface area contributed by atoms with Gasteiger partial charge in [0.25, 0.3) is 11.8 Å². The molecule has 1 saturated carbocycles. The molecule has 1 saturated heterocycles. The van der Waals surface area contributed by atoms with E-state index in [1.54, 1.807) is 37.3 Å². The van der Waals surface area contributed by atoms with Gasteiger partial charge in [-0.3, -0.25) is 4.79 Å². The van der Waals surface area contributed by atoms with Crippen LogP contribution in [0.1, 0.15) is 34.9 Å². The van der Waals surface area contributed by atoms with Crippen molar-refractivity contribution in [3.63, 3.8) is 0 Å². The highest BCUT2D eigenvalue weighted by molar-refractivity contribution is 5.95. The Morgan fingerprint density at radius 1 is 1.03 bits per heavy atom. The van der Waals surface area contributed by atoms with Crippen LogP contribution in [0.25, 0.3) is 11.5 Å². The molecule has 0 unspecified atom stereocenters. The number of benzene rings is 2. The van der Waals surface area contributed by atoms with Crippen LogP contribution < -0.4 is 14.2 Å². The summed E-state index contributed by atoms with van der Waals surface area (Å²) >= 11 is 0. The van der Waals surface area contributed by atoms with E-state index < -0.39 is 0 Å². The van der Waals surface area contributed by atoms with Gasteiger partial charge in [0.2, 0.25) is 0 Å². The largest absolute Gasteiger partial charge is 0.493 e. The van der Waals surface area contributed by atoms with Crippen LogP contribution in [0.4, 0.5) is 0 Å². The fourth-order valence-electron chi connectivity index (χ4n) is 3.61. The molecule has 31 heavy (non-hydrogen) atoms. The standard InChI is InChI=1S/C23H23N3O5/c1-28-19-10-9-15(11-20(19)29-2)23(27)26-12-16(13-26)30-18-6-4-3-5-17(18)22-24-21(25-31-22)14-7-8-14/h3-6,9-11,14,16H,7-8,12-13H2,1-2H3. The Balaban J connectivity index is 1.24. The van der Waals surface area contributed by atoms with Gasteiger partial charge in [0.1, 0.15) is 11.9 Å². The molecule has 5 rings (SSSR count). The van der Waals surface area contributed by atoms with Crippen LogP contribution >= 0.6 is 0 Å². The molecular weight excluding hydrogens is 398 g/mol. The maximum Gasteiger partial charge on any atom is 0.261 e. The molecule has 3 aromatic rings. The van der Waals surface area contributed by atoms with Gasteiger partial charge < -0.3 is 23.6 Å². The van der Waals surface area contributed by atoms with Gasteiger partial charge in [-0.05, 0) is 43.2 Å². The van der Waals surface area contributed by atoms with Crippen LogP contribution in [0.2, 0.25) is 0 Å². The number of aromatic nitrogens is 2. The summed E-state index contributed by atoms with van der Waals surface area (Å²) in [5.41, 5.74) is 1.32. The third-order valence-corrected chi connectivity index (χ3v) is 5.56. The monoisotopic (exact) mass is 421 g/mol. The van der Waals surface area contributed by atoms with Crippen molar-refractivity contribution in [3.8, 4) is 28.7 Å². The third kappa shape index (κ3) is 3.81. The van der Waals surface area contributed by atoms with E-state index in [4.69, 9.17) is 18.7 Å². The van der Waals surface area contributed by atoms with Gasteiger partial charge in [0.15, 0.2) is 17.3 Å². The first kappa shape index (κ1) is 19.4. The number of nitrogens with zero attached hydrogens (tertiary/aromatic N) is 3. The lowest BCUT2D eigenvalue weighted by atomic mass is 10.1. The molecule has 0 radical (unpaired) electrons. The number of amides is 1. The molecule has 8 nitrogen and oxygen atoms in total. The SMILES string of the molecule is COc1ccc(C(=O)N2CC(Oc3ccccc3-c3nc(C4CC4)no3)C2)cc1OC. The Hall–Kier alpha value is -3.55. The van der Waals surface area contributed by atoms with Crippen LogP contribution in [0.3, 0.4) is 0 Å². The average molecular weight is 421 g/mol. The van der Waals surface area contributed by atoms with Crippen molar-refractivity contribution < 1.29 is 23.5 Å². The fraction of sp³-hybridized carbons (Fsp3) is 0.348. The predicted octanol–water partition coefficient (Wildman–Crippen LogP) is 3.53. The summed E-state index contributed by atoms with van der Waals surface area (Å²) in [4.78, 5) is 19.1. The lowest BCUT2D eigenvalue weighted by Gasteiger charge is -2.39. The minimum atomic E-state index is -0.101. The minimum Gasteiger partial charge on any atom is -0.493 e. The molecule has 0 N–H and O–H groups in total. The molecule has 0 bridgehead atoms. The van der Waals surface area contributed by atoms with Crippen molar-refractivity contribution in [2.75, 3.05) is 27.3 Å². The molecule has 1 aromatic heterocycles. The van der Waals surface area contributed by atoms with Gasteiger partial charge in [-0.2, -0.15) is 4.98 Å². The van der Waals surface area contributed by atoms with E-state index in [1.165, 1.54) is 0 Å². The summed E-state index contributed by atoms with van der Waals surface area (Å²) in [6.45, 7) is 0.997. The smallest absolute Gasteiger partial charge is 0.261 e. The van der Waals surface area contributed by atoms with Gasteiger partial charge in [-0.15, -0.1) is 0 Å². The van der Waals surface area contributed by atoms with E-state index in [2.05, 4.69) is 10.1 Å². The second kappa shape index (κ2) is 7.94. The van der Waals surface area contributed by atoms with E-state index >= 15 is 0 Å². The average Bonchev–Trinajstić information content (AvgIpc) is 3.52. The Morgan fingerprint density at radius 3 is 2.55 bits per heavy atom. The highest BCUT2D eigenvalue weighted by Gasteiger charge is 2.34. The Bertz CT molecular complexity index is 1100. The zero-order valence-corrected chi connectivity index (χ0v) is 17.4. The maximum atomic E-state index is 12.8. The van der Waals surface area contributed by atoms with E-state index in [1.807, 2.05) is 24.3 Å². The number of methoxy groups -OCH3 is 2. The second-order valence-electron chi connectivity index (χ2n) is 7.75. The number of rotatable bonds is 7. The number of carbonyl (C=O) groups excluding carboxylic acids is 1. The summed E-state index contributed by atoms with van der Waals surface area (Å²) in [5, 5.41) is 4.09. The number of hydrogen-bond donors (Lipinski definition) is 0. The van der Waals surface area contributed by atoms with E-state index in [0.717, 1.165) is 24.2 Å². The van der Waals surface area contributed by atoms with Gasteiger partial charge in [-0.25, -0.2) is 0 Å². The molecule has 160 valence electrons. The van der Waals surface area contributed by atoms with E-state index in [9.17, 15) is 4.79 Å². The summed E-state index contributed by atoms with van der Waals surface area (Å²) in [5.74, 6) is 3.38. The Kier molecular flexibility index (Phi) is 4.97. The van der Waals surface area contributed by atoms with E-state index in [-0.39, 0.29) is 12.0 Å². The predicted molar refractivity (Wildman–Crippen MR) is 112 cm³/mol. The number of likely N-dealkylation sites (tertiary alicyclic amines) is 1. The molecule has 0 spiro atoms. The summed E-state index contributed by atoms with van der Waals surface area (Å²) < 4.78 is 22.1. The summed E-state index contributed by atoms with van der Waals surface area (Å²) in [6.07, 6.45) is 2.13. The van der Waals surface area contributed by atoms with Crippen LogP contribution in [-0.2, 0) is 0 Å². The van der Waals surface area contributed by atoms with Crippen LogP contribution in [0, 0.1) is 0 Å². The number of ether oxygens (including phenoxy) is 3. The van der Waals surface area contributed by atoms with Crippen molar-refractivity contribution in [2.24, 2.45) is 0 Å². The van der Waals surface area contributed by atoms with Crippen LogP contribution in [-0.4, -0.2) is 54.4 Å². The van der Waals surface area contributed by atoms with Crippen LogP contribution in [0.15, 0.2) is 47.0 Å². The topological polar surface area (TPSA) is 86.9 Å². The molecule has 2 aliphatic rings. The van der Waals surface area contributed by atoms with Crippen molar-refractivity contribution in [1.29, 1.82) is 0 Å². The Labute approximate surface area is 179 Å². The third-order valence-electron chi connectivity index (χ3n) is 5.56. The van der Waals surface area contributed by atoms with Gasteiger partial charge in [-0.1, -0.05) is 17.3 Å².